The van der Waals surface area contributed by atoms with Gasteiger partial charge in [0.05, 0.1) is 12.2 Å². The lowest BCUT2D eigenvalue weighted by Gasteiger charge is -2.20. The molecule has 0 radical (unpaired) electrons. The van der Waals surface area contributed by atoms with Crippen molar-refractivity contribution < 1.29 is 4.74 Å². The fraction of sp³-hybridized carbons (Fsp3) is 0.500. The maximum Gasteiger partial charge on any atom is 0.0952 e. The molecule has 0 spiro atoms. The molecule has 1 aromatic carbocycles. The van der Waals surface area contributed by atoms with Crippen LogP contribution in [0.25, 0.3) is 0 Å². The number of rotatable bonds is 5. The predicted molar refractivity (Wildman–Crippen MR) is 64.3 cm³/mol. The van der Waals surface area contributed by atoms with Gasteiger partial charge in [-0.25, -0.2) is 0 Å². The van der Waals surface area contributed by atoms with E-state index in [9.17, 15) is 0 Å². The summed E-state index contributed by atoms with van der Waals surface area (Å²) in [4.78, 5) is 0. The Hall–Kier alpha value is -0.570. The van der Waals surface area contributed by atoms with Crippen molar-refractivity contribution in [1.29, 1.82) is 0 Å². The minimum Gasteiger partial charge on any atom is -0.370 e. The van der Waals surface area contributed by atoms with Gasteiger partial charge in [0.1, 0.15) is 0 Å². The second kappa shape index (κ2) is 6.11. The van der Waals surface area contributed by atoms with Crippen molar-refractivity contribution in [2.45, 2.75) is 26.1 Å². The standard InChI is InChI=1S/C12H18ClNO/c1-9(2)15-12(8-14-3)10-4-6-11(13)7-5-10/h4-7,9,12,14H,8H2,1-3H3/t12-/m0/s1. The van der Waals surface area contributed by atoms with Crippen molar-refractivity contribution in [3.63, 3.8) is 0 Å². The number of nitrogens with one attached hydrogen (secondary N) is 1. The Balaban J connectivity index is 2.74. The molecule has 84 valence electrons. The summed E-state index contributed by atoms with van der Waals surface area (Å²) in [5.41, 5.74) is 1.16. The molecule has 3 heteroatoms. The number of halogens is 1. The molecule has 0 heterocycles. The van der Waals surface area contributed by atoms with Crippen LogP contribution in [-0.4, -0.2) is 19.7 Å². The average molecular weight is 228 g/mol. The summed E-state index contributed by atoms with van der Waals surface area (Å²) in [5, 5.41) is 3.88. The van der Waals surface area contributed by atoms with Gasteiger partial charge in [-0.3, -0.25) is 0 Å². The van der Waals surface area contributed by atoms with Crippen LogP contribution in [0.4, 0.5) is 0 Å². The zero-order valence-corrected chi connectivity index (χ0v) is 10.2. The van der Waals surface area contributed by atoms with Gasteiger partial charge in [0, 0.05) is 11.6 Å². The van der Waals surface area contributed by atoms with Gasteiger partial charge in [0.2, 0.25) is 0 Å². The lowest BCUT2D eigenvalue weighted by Crippen LogP contribution is -2.22. The Morgan fingerprint density at radius 1 is 1.27 bits per heavy atom. The normalized spacial score (nSPS) is 13.1. The number of likely N-dealkylation sites (N-methyl/N-ethyl adjacent to an activating group) is 1. The van der Waals surface area contributed by atoms with Crippen LogP contribution in [0.15, 0.2) is 24.3 Å². The molecule has 0 saturated carbocycles. The number of hydrogen-bond acceptors (Lipinski definition) is 2. The molecule has 0 bridgehead atoms. The van der Waals surface area contributed by atoms with Crippen LogP contribution in [0.1, 0.15) is 25.5 Å². The quantitative estimate of drug-likeness (QED) is 0.835. The summed E-state index contributed by atoms with van der Waals surface area (Å²) < 4.78 is 5.81. The molecule has 1 aromatic rings. The summed E-state index contributed by atoms with van der Waals surface area (Å²) in [6.45, 7) is 4.89. The fourth-order valence-corrected chi connectivity index (χ4v) is 1.56. The molecule has 0 aromatic heterocycles. The van der Waals surface area contributed by atoms with Crippen LogP contribution < -0.4 is 5.32 Å². The van der Waals surface area contributed by atoms with Crippen LogP contribution in [0, 0.1) is 0 Å². The molecular weight excluding hydrogens is 210 g/mol. The highest BCUT2D eigenvalue weighted by atomic mass is 35.5. The SMILES string of the molecule is CNC[C@H](OC(C)C)c1ccc(Cl)cc1. The second-order valence-corrected chi connectivity index (χ2v) is 4.22. The Bertz CT molecular complexity index is 284. The number of benzene rings is 1. The van der Waals surface area contributed by atoms with Crippen LogP contribution in [0.2, 0.25) is 5.02 Å². The van der Waals surface area contributed by atoms with Crippen molar-refractivity contribution in [1.82, 2.24) is 5.32 Å². The molecule has 0 aliphatic rings. The summed E-state index contributed by atoms with van der Waals surface area (Å²) in [6.07, 6.45) is 0.311. The molecular formula is C12H18ClNO. The molecule has 1 rings (SSSR count). The van der Waals surface area contributed by atoms with Crippen molar-refractivity contribution >= 4 is 11.6 Å². The third-order valence-corrected chi connectivity index (χ3v) is 2.32. The van der Waals surface area contributed by atoms with Gasteiger partial charge in [0.25, 0.3) is 0 Å². The molecule has 2 nitrogen and oxygen atoms in total. The van der Waals surface area contributed by atoms with E-state index in [0.29, 0.717) is 0 Å². The highest BCUT2D eigenvalue weighted by molar-refractivity contribution is 6.30. The van der Waals surface area contributed by atoms with E-state index in [1.165, 1.54) is 0 Å². The molecule has 1 atom stereocenters. The predicted octanol–water partition coefficient (Wildman–Crippen LogP) is 3.03. The van der Waals surface area contributed by atoms with Crippen molar-refractivity contribution in [2.75, 3.05) is 13.6 Å². The lowest BCUT2D eigenvalue weighted by atomic mass is 10.1. The first-order valence-electron chi connectivity index (χ1n) is 5.19. The first-order chi connectivity index (χ1) is 7.13. The molecule has 0 fully saturated rings. The van der Waals surface area contributed by atoms with E-state index in [0.717, 1.165) is 17.1 Å². The van der Waals surface area contributed by atoms with Crippen LogP contribution in [0.5, 0.6) is 0 Å². The van der Waals surface area contributed by atoms with E-state index in [1.54, 1.807) is 0 Å². The fourth-order valence-electron chi connectivity index (χ4n) is 1.44. The monoisotopic (exact) mass is 227 g/mol. The van der Waals surface area contributed by atoms with E-state index < -0.39 is 0 Å². The van der Waals surface area contributed by atoms with Crippen molar-refractivity contribution in [2.24, 2.45) is 0 Å². The first kappa shape index (κ1) is 12.5. The molecule has 0 unspecified atom stereocenters. The zero-order valence-electron chi connectivity index (χ0n) is 9.46. The molecule has 1 N–H and O–H groups in total. The molecule has 0 aliphatic heterocycles. The van der Waals surface area contributed by atoms with E-state index in [1.807, 2.05) is 45.2 Å². The Kier molecular flexibility index (Phi) is 5.09. The van der Waals surface area contributed by atoms with E-state index in [4.69, 9.17) is 16.3 Å². The van der Waals surface area contributed by atoms with Gasteiger partial charge in [-0.05, 0) is 38.6 Å². The first-order valence-corrected chi connectivity index (χ1v) is 5.56. The van der Waals surface area contributed by atoms with Gasteiger partial charge in [-0.2, -0.15) is 0 Å². The highest BCUT2D eigenvalue weighted by Crippen LogP contribution is 2.20. The van der Waals surface area contributed by atoms with Crippen LogP contribution in [-0.2, 0) is 4.74 Å². The lowest BCUT2D eigenvalue weighted by molar-refractivity contribution is 0.00814. The van der Waals surface area contributed by atoms with Crippen molar-refractivity contribution in [3.05, 3.63) is 34.9 Å². The zero-order chi connectivity index (χ0) is 11.3. The maximum absolute atomic E-state index is 5.84. The van der Waals surface area contributed by atoms with Gasteiger partial charge in [-0.15, -0.1) is 0 Å². The molecule has 0 saturated heterocycles. The summed E-state index contributed by atoms with van der Waals surface area (Å²) in [7, 11) is 1.92. The third kappa shape index (κ3) is 4.20. The van der Waals surface area contributed by atoms with Crippen LogP contribution >= 0.6 is 11.6 Å². The number of ether oxygens (including phenoxy) is 1. The van der Waals surface area contributed by atoms with E-state index >= 15 is 0 Å². The average Bonchev–Trinajstić information content (AvgIpc) is 2.17. The smallest absolute Gasteiger partial charge is 0.0952 e. The minimum atomic E-state index is 0.0901. The van der Waals surface area contributed by atoms with Gasteiger partial charge in [-0.1, -0.05) is 23.7 Å². The molecule has 15 heavy (non-hydrogen) atoms. The second-order valence-electron chi connectivity index (χ2n) is 3.78. The Morgan fingerprint density at radius 3 is 2.33 bits per heavy atom. The largest absolute Gasteiger partial charge is 0.370 e. The van der Waals surface area contributed by atoms with Crippen molar-refractivity contribution in [3.8, 4) is 0 Å². The number of hydrogen-bond donors (Lipinski definition) is 1. The van der Waals surface area contributed by atoms with E-state index in [-0.39, 0.29) is 12.2 Å². The Labute approximate surface area is 96.6 Å². The Morgan fingerprint density at radius 2 is 1.87 bits per heavy atom. The van der Waals surface area contributed by atoms with Crippen LogP contribution in [0.3, 0.4) is 0 Å². The summed E-state index contributed by atoms with van der Waals surface area (Å²) in [6, 6.07) is 7.80. The van der Waals surface area contributed by atoms with Gasteiger partial charge in [0.15, 0.2) is 0 Å². The topological polar surface area (TPSA) is 21.3 Å². The minimum absolute atomic E-state index is 0.0901. The summed E-state index contributed by atoms with van der Waals surface area (Å²) in [5.74, 6) is 0. The van der Waals surface area contributed by atoms with Gasteiger partial charge < -0.3 is 10.1 Å². The molecule has 0 amide bonds. The highest BCUT2D eigenvalue weighted by Gasteiger charge is 2.12. The summed E-state index contributed by atoms with van der Waals surface area (Å²) >= 11 is 5.84. The van der Waals surface area contributed by atoms with E-state index in [2.05, 4.69) is 5.32 Å². The third-order valence-electron chi connectivity index (χ3n) is 2.07. The maximum atomic E-state index is 5.84. The van der Waals surface area contributed by atoms with Gasteiger partial charge >= 0.3 is 0 Å². The molecule has 0 aliphatic carbocycles.